The topological polar surface area (TPSA) is 63.2 Å². The lowest BCUT2D eigenvalue weighted by Gasteiger charge is -2.20. The molecule has 2 aliphatic rings. The predicted octanol–water partition coefficient (Wildman–Crippen LogP) is 3.43. The molecule has 0 fully saturated rings. The van der Waals surface area contributed by atoms with Crippen molar-refractivity contribution in [2.75, 3.05) is 13.6 Å². The molecule has 2 aromatic rings. The summed E-state index contributed by atoms with van der Waals surface area (Å²) in [5, 5.41) is 0.255. The first-order valence-electron chi connectivity index (χ1n) is 7.40. The molecule has 0 aliphatic carbocycles. The zero-order valence-corrected chi connectivity index (χ0v) is 13.6. The van der Waals surface area contributed by atoms with Gasteiger partial charge in [0.25, 0.3) is 0 Å². The Labute approximate surface area is 146 Å². The Morgan fingerprint density at radius 1 is 1.12 bits per heavy atom. The summed E-state index contributed by atoms with van der Waals surface area (Å²) in [5.74, 6) is 0.174. The molecule has 2 heterocycles. The minimum atomic E-state index is -0.620. The zero-order chi connectivity index (χ0) is 17.4. The van der Waals surface area contributed by atoms with Crippen molar-refractivity contribution < 1.29 is 32.9 Å². The van der Waals surface area contributed by atoms with Crippen LogP contribution in [0.4, 0.5) is 4.39 Å². The molecule has 0 saturated carbocycles. The molecule has 0 spiro atoms. The highest BCUT2D eigenvalue weighted by atomic mass is 35.5. The van der Waals surface area contributed by atoms with Crippen LogP contribution in [0.15, 0.2) is 24.3 Å². The first-order valence-corrected chi connectivity index (χ1v) is 7.78. The molecule has 0 aromatic heterocycles. The van der Waals surface area contributed by atoms with E-state index in [2.05, 4.69) is 0 Å². The summed E-state index contributed by atoms with van der Waals surface area (Å²) in [5.41, 5.74) is 1.21. The van der Waals surface area contributed by atoms with Gasteiger partial charge in [0.1, 0.15) is 18.2 Å². The minimum Gasteiger partial charge on any atom is -0.467 e. The van der Waals surface area contributed by atoms with E-state index in [1.807, 2.05) is 0 Å². The van der Waals surface area contributed by atoms with Gasteiger partial charge in [0, 0.05) is 11.1 Å². The number of benzene rings is 2. The number of carbonyl (C=O) groups is 1. The summed E-state index contributed by atoms with van der Waals surface area (Å²) in [6.07, 6.45) is 0. The summed E-state index contributed by atoms with van der Waals surface area (Å²) in [7, 11) is 0. The molecule has 0 unspecified atom stereocenters. The van der Waals surface area contributed by atoms with Gasteiger partial charge in [-0.2, -0.15) is 0 Å². The fourth-order valence-electron chi connectivity index (χ4n) is 2.68. The van der Waals surface area contributed by atoms with E-state index in [-0.39, 0.29) is 37.4 Å². The molecule has 0 atom stereocenters. The standard InChI is InChI=1S/C17H12ClFO6/c18-13-3-9(4-14-16(13)25-8-23-14)17(20)22-6-11-2-12(19)1-10-5-21-7-24-15(10)11/h1-4H,5-8H2. The van der Waals surface area contributed by atoms with Crippen LogP contribution >= 0.6 is 11.6 Å². The van der Waals surface area contributed by atoms with Crippen molar-refractivity contribution in [3.05, 3.63) is 51.8 Å². The Morgan fingerprint density at radius 2 is 1.96 bits per heavy atom. The van der Waals surface area contributed by atoms with Crippen molar-refractivity contribution in [1.29, 1.82) is 0 Å². The molecule has 0 radical (unpaired) electrons. The second-order valence-corrected chi connectivity index (χ2v) is 5.84. The van der Waals surface area contributed by atoms with Gasteiger partial charge < -0.3 is 23.7 Å². The number of esters is 1. The Kier molecular flexibility index (Phi) is 4.10. The van der Waals surface area contributed by atoms with Crippen molar-refractivity contribution in [2.45, 2.75) is 13.2 Å². The van der Waals surface area contributed by atoms with E-state index in [1.165, 1.54) is 24.3 Å². The highest BCUT2D eigenvalue weighted by Crippen LogP contribution is 2.40. The normalized spacial score (nSPS) is 14.6. The molecule has 25 heavy (non-hydrogen) atoms. The molecule has 0 saturated heterocycles. The Bertz CT molecular complexity index is 854. The van der Waals surface area contributed by atoms with Crippen LogP contribution < -0.4 is 14.2 Å². The first kappa shape index (κ1) is 16.0. The van der Waals surface area contributed by atoms with Gasteiger partial charge in [0.2, 0.25) is 6.79 Å². The lowest BCUT2D eigenvalue weighted by atomic mass is 10.1. The molecule has 8 heteroatoms. The number of rotatable bonds is 3. The Balaban J connectivity index is 1.53. The molecule has 0 N–H and O–H groups in total. The third-order valence-electron chi connectivity index (χ3n) is 3.77. The van der Waals surface area contributed by atoms with E-state index in [4.69, 9.17) is 35.3 Å². The summed E-state index contributed by atoms with van der Waals surface area (Å²) in [4.78, 5) is 12.3. The fraction of sp³-hybridized carbons (Fsp3) is 0.235. The van der Waals surface area contributed by atoms with Crippen LogP contribution in [0, 0.1) is 5.82 Å². The number of ether oxygens (including phenoxy) is 5. The lowest BCUT2D eigenvalue weighted by molar-refractivity contribution is -0.0183. The average molecular weight is 367 g/mol. The largest absolute Gasteiger partial charge is 0.467 e. The number of hydrogen-bond acceptors (Lipinski definition) is 6. The molecule has 4 rings (SSSR count). The highest BCUT2D eigenvalue weighted by molar-refractivity contribution is 6.32. The van der Waals surface area contributed by atoms with Crippen molar-refractivity contribution in [3.63, 3.8) is 0 Å². The summed E-state index contributed by atoms with van der Waals surface area (Å²) < 4.78 is 39.9. The van der Waals surface area contributed by atoms with Gasteiger partial charge >= 0.3 is 5.97 Å². The predicted molar refractivity (Wildman–Crippen MR) is 83.4 cm³/mol. The molecular weight excluding hydrogens is 355 g/mol. The van der Waals surface area contributed by atoms with Crippen molar-refractivity contribution in [3.8, 4) is 17.2 Å². The summed E-state index contributed by atoms with van der Waals surface area (Å²) >= 11 is 6.06. The van der Waals surface area contributed by atoms with Crippen LogP contribution in [0.1, 0.15) is 21.5 Å². The molecule has 0 bridgehead atoms. The molecule has 2 aromatic carbocycles. The first-order chi connectivity index (χ1) is 12.1. The summed E-state index contributed by atoms with van der Waals surface area (Å²) in [6.45, 7) is 0.205. The molecule has 130 valence electrons. The van der Waals surface area contributed by atoms with E-state index in [0.29, 0.717) is 28.4 Å². The van der Waals surface area contributed by atoms with Gasteiger partial charge in [0.15, 0.2) is 18.3 Å². The van der Waals surface area contributed by atoms with Crippen LogP contribution in [-0.2, 0) is 22.7 Å². The van der Waals surface area contributed by atoms with Crippen LogP contribution in [0.3, 0.4) is 0 Å². The zero-order valence-electron chi connectivity index (χ0n) is 12.8. The third-order valence-corrected chi connectivity index (χ3v) is 4.05. The average Bonchev–Trinajstić information content (AvgIpc) is 3.08. The quantitative estimate of drug-likeness (QED) is 0.775. The number of carbonyl (C=O) groups excluding carboxylic acids is 1. The Morgan fingerprint density at radius 3 is 2.84 bits per heavy atom. The van der Waals surface area contributed by atoms with E-state index < -0.39 is 11.8 Å². The van der Waals surface area contributed by atoms with Gasteiger partial charge in [-0.3, -0.25) is 0 Å². The molecule has 2 aliphatic heterocycles. The van der Waals surface area contributed by atoms with Crippen LogP contribution in [0.25, 0.3) is 0 Å². The maximum Gasteiger partial charge on any atom is 0.338 e. The van der Waals surface area contributed by atoms with Gasteiger partial charge in [-0.05, 0) is 24.3 Å². The maximum atomic E-state index is 13.7. The van der Waals surface area contributed by atoms with Crippen molar-refractivity contribution in [2.24, 2.45) is 0 Å². The van der Waals surface area contributed by atoms with Crippen LogP contribution in [0.5, 0.6) is 17.2 Å². The molecule has 0 amide bonds. The van der Waals surface area contributed by atoms with Gasteiger partial charge in [0.05, 0.1) is 17.2 Å². The minimum absolute atomic E-state index is 0.0440. The maximum absolute atomic E-state index is 13.7. The monoisotopic (exact) mass is 366 g/mol. The van der Waals surface area contributed by atoms with Gasteiger partial charge in [-0.1, -0.05) is 11.6 Å². The second-order valence-electron chi connectivity index (χ2n) is 5.43. The number of fused-ring (bicyclic) bond motifs is 2. The van der Waals surface area contributed by atoms with E-state index >= 15 is 0 Å². The van der Waals surface area contributed by atoms with Crippen LogP contribution in [-0.4, -0.2) is 19.6 Å². The smallest absolute Gasteiger partial charge is 0.338 e. The lowest BCUT2D eigenvalue weighted by Crippen LogP contribution is -2.15. The fourth-order valence-corrected chi connectivity index (χ4v) is 2.94. The second kappa shape index (κ2) is 6.42. The van der Waals surface area contributed by atoms with Crippen molar-refractivity contribution >= 4 is 17.6 Å². The van der Waals surface area contributed by atoms with E-state index in [9.17, 15) is 9.18 Å². The summed E-state index contributed by atoms with van der Waals surface area (Å²) in [6, 6.07) is 5.52. The molecule has 6 nitrogen and oxygen atoms in total. The number of halogens is 2. The van der Waals surface area contributed by atoms with E-state index in [1.54, 1.807) is 0 Å². The van der Waals surface area contributed by atoms with Crippen LogP contribution in [0.2, 0.25) is 5.02 Å². The molecular formula is C17H12ClFO6. The van der Waals surface area contributed by atoms with Gasteiger partial charge in [-0.25, -0.2) is 9.18 Å². The van der Waals surface area contributed by atoms with Crippen molar-refractivity contribution in [1.82, 2.24) is 0 Å². The Hall–Kier alpha value is -2.51. The SMILES string of the molecule is O=C(OCc1cc(F)cc2c1OCOC2)c1cc(Cl)c2c(c1)OCO2. The van der Waals surface area contributed by atoms with Gasteiger partial charge in [-0.15, -0.1) is 0 Å². The number of hydrogen-bond donors (Lipinski definition) is 0. The third kappa shape index (κ3) is 3.08. The highest BCUT2D eigenvalue weighted by Gasteiger charge is 2.22. The van der Waals surface area contributed by atoms with E-state index in [0.717, 1.165) is 0 Å².